The highest BCUT2D eigenvalue weighted by atomic mass is 16.5. The number of ether oxygens (including phenoxy) is 2. The molecular formula is C23H25N3O3. The molecule has 2 heterocycles. The standard InChI is InChI=1S/C23H25N3O3/c27-23(25-19-10-11-22(24-17-19)26-12-15-28-16-13-26)9-4-14-29-21-8-3-6-18-5-1-2-7-20(18)21/h1-3,5-8,10-11,17H,4,9,12-16H2,(H,25,27). The van der Waals surface area contributed by atoms with Crippen LogP contribution in [0.1, 0.15) is 12.8 Å². The lowest BCUT2D eigenvalue weighted by molar-refractivity contribution is -0.116. The lowest BCUT2D eigenvalue weighted by Crippen LogP contribution is -2.36. The second kappa shape index (κ2) is 9.39. The average Bonchev–Trinajstić information content (AvgIpc) is 2.78. The summed E-state index contributed by atoms with van der Waals surface area (Å²) in [6.07, 6.45) is 2.75. The summed E-state index contributed by atoms with van der Waals surface area (Å²) in [6, 6.07) is 18.0. The van der Waals surface area contributed by atoms with Gasteiger partial charge in [-0.3, -0.25) is 4.79 Å². The minimum atomic E-state index is -0.0348. The Balaban J connectivity index is 1.23. The highest BCUT2D eigenvalue weighted by molar-refractivity contribution is 5.90. The van der Waals surface area contributed by atoms with E-state index in [1.54, 1.807) is 6.20 Å². The van der Waals surface area contributed by atoms with Crippen LogP contribution in [0.3, 0.4) is 0 Å². The highest BCUT2D eigenvalue weighted by Crippen LogP contribution is 2.25. The second-order valence-electron chi connectivity index (χ2n) is 6.98. The molecule has 0 saturated carbocycles. The Morgan fingerprint density at radius 1 is 1.07 bits per heavy atom. The van der Waals surface area contributed by atoms with Crippen LogP contribution in [-0.4, -0.2) is 43.8 Å². The number of aromatic nitrogens is 1. The maximum atomic E-state index is 12.2. The number of amides is 1. The number of anilines is 2. The van der Waals surface area contributed by atoms with Crippen molar-refractivity contribution in [3.8, 4) is 5.75 Å². The van der Waals surface area contributed by atoms with E-state index in [1.165, 1.54) is 0 Å². The molecule has 6 nitrogen and oxygen atoms in total. The Hall–Kier alpha value is -3.12. The maximum Gasteiger partial charge on any atom is 0.224 e. The molecule has 150 valence electrons. The number of carbonyl (C=O) groups is 1. The van der Waals surface area contributed by atoms with Crippen molar-refractivity contribution in [3.05, 3.63) is 60.8 Å². The largest absolute Gasteiger partial charge is 0.493 e. The average molecular weight is 391 g/mol. The third kappa shape index (κ3) is 5.03. The molecular weight excluding hydrogens is 366 g/mol. The van der Waals surface area contributed by atoms with Crippen LogP contribution in [-0.2, 0) is 9.53 Å². The molecule has 0 bridgehead atoms. The number of morpholine rings is 1. The van der Waals surface area contributed by atoms with Crippen molar-refractivity contribution < 1.29 is 14.3 Å². The fraction of sp³-hybridized carbons (Fsp3) is 0.304. The molecule has 0 atom stereocenters. The van der Waals surface area contributed by atoms with Crippen molar-refractivity contribution in [3.63, 3.8) is 0 Å². The molecule has 1 amide bonds. The number of nitrogens with zero attached hydrogens (tertiary/aromatic N) is 2. The first-order chi connectivity index (χ1) is 14.3. The maximum absolute atomic E-state index is 12.2. The molecule has 2 aromatic carbocycles. The van der Waals surface area contributed by atoms with Gasteiger partial charge in [-0.25, -0.2) is 4.98 Å². The molecule has 1 aromatic heterocycles. The van der Waals surface area contributed by atoms with Crippen LogP contribution in [0.4, 0.5) is 11.5 Å². The molecule has 0 aliphatic carbocycles. The van der Waals surface area contributed by atoms with Crippen LogP contribution in [0.5, 0.6) is 5.75 Å². The van der Waals surface area contributed by atoms with Gasteiger partial charge in [-0.1, -0.05) is 36.4 Å². The normalized spacial score (nSPS) is 14.0. The van der Waals surface area contributed by atoms with E-state index < -0.39 is 0 Å². The predicted octanol–water partition coefficient (Wildman–Crippen LogP) is 3.87. The van der Waals surface area contributed by atoms with Crippen LogP contribution >= 0.6 is 0 Å². The monoisotopic (exact) mass is 391 g/mol. The van der Waals surface area contributed by atoms with E-state index in [0.717, 1.165) is 48.6 Å². The molecule has 1 aliphatic heterocycles. The molecule has 1 saturated heterocycles. The van der Waals surface area contributed by atoms with Crippen LogP contribution in [0.25, 0.3) is 10.8 Å². The molecule has 1 aliphatic rings. The number of hydrogen-bond acceptors (Lipinski definition) is 5. The van der Waals surface area contributed by atoms with Gasteiger partial charge in [-0.05, 0) is 30.0 Å². The number of nitrogens with one attached hydrogen (secondary N) is 1. The van der Waals surface area contributed by atoms with Crippen molar-refractivity contribution in [1.82, 2.24) is 4.98 Å². The molecule has 29 heavy (non-hydrogen) atoms. The zero-order chi connectivity index (χ0) is 19.9. The summed E-state index contributed by atoms with van der Waals surface area (Å²) in [5.41, 5.74) is 0.710. The number of benzene rings is 2. The minimum Gasteiger partial charge on any atom is -0.493 e. The van der Waals surface area contributed by atoms with Crippen molar-refractivity contribution in [2.75, 3.05) is 43.1 Å². The van der Waals surface area contributed by atoms with Gasteiger partial charge in [-0.2, -0.15) is 0 Å². The lowest BCUT2D eigenvalue weighted by atomic mass is 10.1. The summed E-state index contributed by atoms with van der Waals surface area (Å²) >= 11 is 0. The fourth-order valence-corrected chi connectivity index (χ4v) is 3.40. The second-order valence-corrected chi connectivity index (χ2v) is 6.98. The number of fused-ring (bicyclic) bond motifs is 1. The van der Waals surface area contributed by atoms with Gasteiger partial charge in [0.1, 0.15) is 11.6 Å². The van der Waals surface area contributed by atoms with Gasteiger partial charge < -0.3 is 19.7 Å². The Morgan fingerprint density at radius 2 is 1.90 bits per heavy atom. The van der Waals surface area contributed by atoms with Crippen molar-refractivity contribution >= 4 is 28.2 Å². The summed E-state index contributed by atoms with van der Waals surface area (Å²) < 4.78 is 11.3. The zero-order valence-corrected chi connectivity index (χ0v) is 16.3. The van der Waals surface area contributed by atoms with Crippen molar-refractivity contribution in [2.24, 2.45) is 0 Å². The van der Waals surface area contributed by atoms with Gasteiger partial charge in [-0.15, -0.1) is 0 Å². The third-order valence-electron chi connectivity index (χ3n) is 4.92. The van der Waals surface area contributed by atoms with Gasteiger partial charge in [0.05, 0.1) is 31.7 Å². The number of carbonyl (C=O) groups excluding carboxylic acids is 1. The summed E-state index contributed by atoms with van der Waals surface area (Å²) in [5, 5.41) is 5.14. The van der Waals surface area contributed by atoms with E-state index >= 15 is 0 Å². The minimum absolute atomic E-state index is 0.0348. The van der Waals surface area contributed by atoms with Crippen LogP contribution in [0.2, 0.25) is 0 Å². The van der Waals surface area contributed by atoms with Gasteiger partial charge in [0.15, 0.2) is 0 Å². The zero-order valence-electron chi connectivity index (χ0n) is 16.3. The van der Waals surface area contributed by atoms with E-state index in [4.69, 9.17) is 9.47 Å². The summed E-state index contributed by atoms with van der Waals surface area (Å²) in [5.74, 6) is 1.73. The Labute approximate surface area is 170 Å². The van der Waals surface area contributed by atoms with E-state index in [2.05, 4.69) is 27.3 Å². The summed E-state index contributed by atoms with van der Waals surface area (Å²) in [4.78, 5) is 18.8. The molecule has 0 unspecified atom stereocenters. The quantitative estimate of drug-likeness (QED) is 0.620. The Kier molecular flexibility index (Phi) is 6.22. The smallest absolute Gasteiger partial charge is 0.224 e. The summed E-state index contributed by atoms with van der Waals surface area (Å²) in [7, 11) is 0. The molecule has 0 spiro atoms. The number of rotatable bonds is 7. The lowest BCUT2D eigenvalue weighted by Gasteiger charge is -2.27. The number of pyridine rings is 1. The Morgan fingerprint density at radius 3 is 2.72 bits per heavy atom. The molecule has 6 heteroatoms. The molecule has 1 N–H and O–H groups in total. The van der Waals surface area contributed by atoms with Gasteiger partial charge in [0.2, 0.25) is 5.91 Å². The molecule has 3 aromatic rings. The Bertz CT molecular complexity index is 948. The van der Waals surface area contributed by atoms with Gasteiger partial charge in [0, 0.05) is 24.9 Å². The molecule has 1 fully saturated rings. The number of hydrogen-bond donors (Lipinski definition) is 1. The first-order valence-electron chi connectivity index (χ1n) is 9.99. The highest BCUT2D eigenvalue weighted by Gasteiger charge is 2.12. The van der Waals surface area contributed by atoms with Gasteiger partial charge in [0.25, 0.3) is 0 Å². The van der Waals surface area contributed by atoms with Crippen molar-refractivity contribution in [2.45, 2.75) is 12.8 Å². The topological polar surface area (TPSA) is 63.7 Å². The predicted molar refractivity (Wildman–Crippen MR) is 115 cm³/mol. The van der Waals surface area contributed by atoms with Crippen LogP contribution < -0.4 is 15.0 Å². The molecule has 4 rings (SSSR count). The molecule has 0 radical (unpaired) electrons. The van der Waals surface area contributed by atoms with Crippen molar-refractivity contribution in [1.29, 1.82) is 0 Å². The van der Waals surface area contributed by atoms with Gasteiger partial charge >= 0.3 is 0 Å². The third-order valence-corrected chi connectivity index (χ3v) is 4.92. The van der Waals surface area contributed by atoms with E-state index in [9.17, 15) is 4.79 Å². The van der Waals surface area contributed by atoms with Crippen LogP contribution in [0.15, 0.2) is 60.8 Å². The van der Waals surface area contributed by atoms with Crippen LogP contribution in [0, 0.1) is 0 Å². The van der Waals surface area contributed by atoms with E-state index in [1.807, 2.05) is 42.5 Å². The van der Waals surface area contributed by atoms with E-state index in [0.29, 0.717) is 25.1 Å². The SMILES string of the molecule is O=C(CCCOc1cccc2ccccc12)Nc1ccc(N2CCOCC2)nc1. The fourth-order valence-electron chi connectivity index (χ4n) is 3.40. The summed E-state index contributed by atoms with van der Waals surface area (Å²) in [6.45, 7) is 3.63. The first-order valence-corrected chi connectivity index (χ1v) is 9.99. The van der Waals surface area contributed by atoms with E-state index in [-0.39, 0.29) is 5.91 Å². The first kappa shape index (κ1) is 19.2.